The fourth-order valence-corrected chi connectivity index (χ4v) is 14.9. The van der Waals surface area contributed by atoms with Crippen LogP contribution < -0.4 is 0 Å². The number of ether oxygens (including phenoxy) is 1. The SMILES string of the molecule is COC1CCCCC(CS(=O)(=O)c2cc(CCCC(=O)CCCCCCCCCCC(=O)C[C@@H]3N=C(c4ccc(Cl)cc4)c4c(sc(C)c4C)-n4c(C)nnc43)c3cccnc3c2-c2ccn3ncc(CC(=O)O)c3c2)CC1. The second-order valence-corrected chi connectivity index (χ2v) is 25.2. The van der Waals surface area contributed by atoms with Crippen molar-refractivity contribution in [2.75, 3.05) is 12.9 Å². The van der Waals surface area contributed by atoms with E-state index in [1.807, 2.05) is 61.5 Å². The molecule has 7 aromatic rings. The molecule has 412 valence electrons. The van der Waals surface area contributed by atoms with Crippen LogP contribution in [0.4, 0.5) is 0 Å². The first-order valence-corrected chi connectivity index (χ1v) is 30.8. The Morgan fingerprint density at radius 3 is 2.27 bits per heavy atom. The van der Waals surface area contributed by atoms with E-state index >= 15 is 0 Å². The van der Waals surface area contributed by atoms with Crippen LogP contribution in [0.1, 0.15) is 172 Å². The molecule has 1 saturated carbocycles. The lowest BCUT2D eigenvalue weighted by molar-refractivity contribution is -0.136. The lowest BCUT2D eigenvalue weighted by Gasteiger charge is -2.25. The Labute approximate surface area is 467 Å². The zero-order valence-corrected chi connectivity index (χ0v) is 47.8. The fourth-order valence-electron chi connectivity index (χ4n) is 11.6. The number of aryl methyl sites for hydroxylation is 3. The van der Waals surface area contributed by atoms with Crippen LogP contribution in [-0.2, 0) is 41.8 Å². The smallest absolute Gasteiger partial charge is 0.307 e. The molecule has 14 nitrogen and oxygen atoms in total. The second kappa shape index (κ2) is 25.9. The number of hydrogen-bond donors (Lipinski definition) is 1. The molecule has 0 bridgehead atoms. The maximum absolute atomic E-state index is 14.9. The number of rotatable bonds is 25. The Morgan fingerprint density at radius 2 is 1.53 bits per heavy atom. The van der Waals surface area contributed by atoms with Crippen LogP contribution in [0, 0.1) is 26.7 Å². The molecule has 0 radical (unpaired) electrons. The van der Waals surface area contributed by atoms with Crippen molar-refractivity contribution in [3.63, 3.8) is 0 Å². The van der Waals surface area contributed by atoms with E-state index in [1.165, 1.54) is 11.1 Å². The van der Waals surface area contributed by atoms with Gasteiger partial charge in [0, 0.05) is 82.7 Å². The number of thiophene rings is 1. The zero-order valence-electron chi connectivity index (χ0n) is 45.4. The van der Waals surface area contributed by atoms with Crippen LogP contribution in [-0.4, -0.2) is 85.1 Å². The monoisotopic (exact) mass is 1110 g/mol. The highest BCUT2D eigenvalue weighted by Crippen LogP contribution is 2.42. The summed E-state index contributed by atoms with van der Waals surface area (Å²) in [6.45, 7) is 6.19. The van der Waals surface area contributed by atoms with Crippen LogP contribution in [0.25, 0.3) is 32.5 Å². The second-order valence-electron chi connectivity index (χ2n) is 21.5. The number of Topliss-reactive ketones (excluding diaryl/α,β-unsaturated/α-hetero) is 2. The van der Waals surface area contributed by atoms with Gasteiger partial charge in [0.1, 0.15) is 28.4 Å². The molecule has 2 unspecified atom stereocenters. The number of carbonyl (C=O) groups is 3. The summed E-state index contributed by atoms with van der Waals surface area (Å²) < 4.78 is 39.2. The summed E-state index contributed by atoms with van der Waals surface area (Å²) in [6.07, 6.45) is 20.9. The Morgan fingerprint density at radius 1 is 0.808 bits per heavy atom. The Hall–Kier alpha value is -5.94. The summed E-state index contributed by atoms with van der Waals surface area (Å²) in [7, 11) is -2.14. The number of aromatic nitrogens is 6. The summed E-state index contributed by atoms with van der Waals surface area (Å²) in [5.74, 6) is 0.841. The number of halogens is 1. The molecule has 1 aliphatic heterocycles. The molecule has 1 aliphatic carbocycles. The Bertz CT molecular complexity index is 3440. The molecule has 1 N–H and O–H groups in total. The molecule has 5 aromatic heterocycles. The summed E-state index contributed by atoms with van der Waals surface area (Å²) in [6, 6.07) is 16.5. The number of carbonyl (C=O) groups excluding carboxylic acids is 2. The average Bonchev–Trinajstić information content (AvgIpc) is 4.26. The highest BCUT2D eigenvalue weighted by molar-refractivity contribution is 7.91. The summed E-state index contributed by atoms with van der Waals surface area (Å²) in [4.78, 5) is 50.1. The highest BCUT2D eigenvalue weighted by atomic mass is 35.5. The van der Waals surface area contributed by atoms with Crippen LogP contribution in [0.5, 0.6) is 0 Å². The maximum Gasteiger partial charge on any atom is 0.307 e. The van der Waals surface area contributed by atoms with Gasteiger partial charge in [-0.3, -0.25) is 28.9 Å². The number of unbranched alkanes of at least 4 members (excludes halogenated alkanes) is 7. The third kappa shape index (κ3) is 13.4. The van der Waals surface area contributed by atoms with Gasteiger partial charge in [0.05, 0.1) is 46.1 Å². The van der Waals surface area contributed by atoms with Crippen LogP contribution in [0.15, 0.2) is 83.1 Å². The van der Waals surface area contributed by atoms with Crippen LogP contribution in [0.3, 0.4) is 0 Å². The molecule has 0 amide bonds. The first-order chi connectivity index (χ1) is 37.7. The molecule has 78 heavy (non-hydrogen) atoms. The van der Waals surface area contributed by atoms with Gasteiger partial charge in [0.2, 0.25) is 0 Å². The number of carboxylic acids is 1. The molecule has 1 fully saturated rings. The molecule has 0 spiro atoms. The third-order valence-corrected chi connectivity index (χ3v) is 19.3. The number of hydrogen-bond acceptors (Lipinski definition) is 12. The van der Waals surface area contributed by atoms with Crippen molar-refractivity contribution in [3.8, 4) is 16.1 Å². The van der Waals surface area contributed by atoms with E-state index in [-0.39, 0.29) is 47.1 Å². The number of pyridine rings is 2. The van der Waals surface area contributed by atoms with Gasteiger partial charge < -0.3 is 9.84 Å². The molecule has 6 heterocycles. The number of aliphatic carboxylic acids is 1. The van der Waals surface area contributed by atoms with Crippen molar-refractivity contribution in [3.05, 3.63) is 123 Å². The highest BCUT2D eigenvalue weighted by Gasteiger charge is 2.33. The van der Waals surface area contributed by atoms with E-state index in [1.54, 1.807) is 35.4 Å². The number of sulfone groups is 1. The van der Waals surface area contributed by atoms with Crippen molar-refractivity contribution in [1.29, 1.82) is 0 Å². The van der Waals surface area contributed by atoms with Crippen molar-refractivity contribution in [1.82, 2.24) is 29.4 Å². The molecule has 3 atom stereocenters. The van der Waals surface area contributed by atoms with Gasteiger partial charge in [-0.2, -0.15) is 5.10 Å². The van der Waals surface area contributed by atoms with Gasteiger partial charge in [-0.05, 0) is 131 Å². The van der Waals surface area contributed by atoms with Gasteiger partial charge in [0.15, 0.2) is 15.7 Å². The van der Waals surface area contributed by atoms with Gasteiger partial charge in [-0.25, -0.2) is 12.9 Å². The number of ketones is 2. The molecule has 0 saturated heterocycles. The van der Waals surface area contributed by atoms with Crippen molar-refractivity contribution in [2.45, 2.75) is 173 Å². The van der Waals surface area contributed by atoms with E-state index in [2.05, 4.69) is 33.7 Å². The zero-order chi connectivity index (χ0) is 54.9. The van der Waals surface area contributed by atoms with Crippen molar-refractivity contribution >= 4 is 72.4 Å². The van der Waals surface area contributed by atoms with E-state index in [0.29, 0.717) is 70.7 Å². The number of aliphatic imine (C=N–C) groups is 1. The molecule has 2 aliphatic rings. The standard InChI is InChI=1S/C61H72ClN7O7S2/c1-39-40(2)77-61-56(39)58(43-25-27-47(62)28-26-43)65-52(60-67-66-41(3)69(60)61)36-49(71)20-12-10-8-6-5-7-9-11-19-48(70)21-15-18-44-34-54(78(74,75)38-42-17-13-14-22-50(76-4)29-24-42)57(59-51(44)23-16-31-63-59)45-30-32-68-53(33-45)46(37-64-68)35-55(72)73/h16,23,25-28,30-34,37,42,50,52H,5-15,17-22,24,29,35-36,38H2,1-4H3,(H,72,73)/t42?,50?,52-/m0/s1. The third-order valence-electron chi connectivity index (χ3n) is 15.9. The number of benzene rings is 2. The topological polar surface area (TPSA) is 188 Å². The largest absolute Gasteiger partial charge is 0.481 e. The lowest BCUT2D eigenvalue weighted by Crippen LogP contribution is -2.22. The number of carboxylic acid groups (broad SMARTS) is 1. The first-order valence-electron chi connectivity index (χ1n) is 27.9. The lowest BCUT2D eigenvalue weighted by atomic mass is 9.91. The van der Waals surface area contributed by atoms with E-state index < -0.39 is 21.8 Å². The van der Waals surface area contributed by atoms with Gasteiger partial charge >= 0.3 is 5.97 Å². The van der Waals surface area contributed by atoms with Crippen molar-refractivity contribution < 1.29 is 32.6 Å². The molecule has 17 heteroatoms. The van der Waals surface area contributed by atoms with Crippen LogP contribution >= 0.6 is 22.9 Å². The van der Waals surface area contributed by atoms with E-state index in [4.69, 9.17) is 26.3 Å². The summed E-state index contributed by atoms with van der Waals surface area (Å²) in [5, 5.41) is 25.5. The number of methoxy groups -OCH3 is 1. The van der Waals surface area contributed by atoms with Crippen LogP contribution in [0.2, 0.25) is 5.02 Å². The Balaban J connectivity index is 0.760. The molecule has 9 rings (SSSR count). The predicted molar refractivity (Wildman–Crippen MR) is 308 cm³/mol. The minimum Gasteiger partial charge on any atom is -0.481 e. The first kappa shape index (κ1) is 56.8. The van der Waals surface area contributed by atoms with E-state index in [0.717, 1.165) is 134 Å². The molecular formula is C61H72ClN7O7S2. The fraction of sp³-hybridized carbons (Fsp3) is 0.475. The van der Waals surface area contributed by atoms with E-state index in [9.17, 15) is 27.9 Å². The van der Waals surface area contributed by atoms with Crippen molar-refractivity contribution in [2.24, 2.45) is 10.9 Å². The predicted octanol–water partition coefficient (Wildman–Crippen LogP) is 13.5. The minimum absolute atomic E-state index is 0.00150. The summed E-state index contributed by atoms with van der Waals surface area (Å²) >= 11 is 7.98. The minimum atomic E-state index is -3.87. The average molecular weight is 1110 g/mol. The molecule has 2 aromatic carbocycles. The maximum atomic E-state index is 14.9. The molecular weight excluding hydrogens is 1040 g/mol. The normalized spacial score (nSPS) is 16.8. The summed E-state index contributed by atoms with van der Waals surface area (Å²) in [5.41, 5.74) is 7.65. The van der Waals surface area contributed by atoms with Gasteiger partial charge in [-0.15, -0.1) is 21.5 Å². The Kier molecular flexibility index (Phi) is 18.8. The van der Waals surface area contributed by atoms with Gasteiger partial charge in [-0.1, -0.05) is 81.2 Å². The quantitative estimate of drug-likeness (QED) is 0.0536. The number of fused-ring (bicyclic) bond motifs is 5. The number of nitrogens with zero attached hydrogens (tertiary/aromatic N) is 7. The van der Waals surface area contributed by atoms with Gasteiger partial charge in [0.25, 0.3) is 0 Å².